The Bertz CT molecular complexity index is 1140. The van der Waals surface area contributed by atoms with Crippen molar-refractivity contribution in [1.82, 2.24) is 14.6 Å². The molecule has 0 atom stereocenters. The zero-order valence-electron chi connectivity index (χ0n) is 14.3. The zero-order chi connectivity index (χ0) is 19.8. The van der Waals surface area contributed by atoms with Gasteiger partial charge in [-0.1, -0.05) is 6.07 Å². The number of esters is 1. The highest BCUT2D eigenvalue weighted by molar-refractivity contribution is 7.86. The van der Waals surface area contributed by atoms with Crippen LogP contribution in [0.15, 0.2) is 35.5 Å². The molecule has 0 aliphatic heterocycles. The van der Waals surface area contributed by atoms with E-state index < -0.39 is 26.8 Å². The van der Waals surface area contributed by atoms with Crippen LogP contribution in [0.2, 0.25) is 0 Å². The second-order valence-electron chi connectivity index (χ2n) is 5.57. The number of carbonyl (C=O) groups is 1. The van der Waals surface area contributed by atoms with E-state index in [4.69, 9.17) is 4.74 Å². The number of halogens is 1. The second-order valence-corrected chi connectivity index (χ2v) is 6.96. The van der Waals surface area contributed by atoms with E-state index in [1.54, 1.807) is 19.9 Å². The van der Waals surface area contributed by atoms with Gasteiger partial charge in [0.25, 0.3) is 10.1 Å². The first kappa shape index (κ1) is 18.7. The highest BCUT2D eigenvalue weighted by Crippen LogP contribution is 2.27. The number of benzene rings is 1. The van der Waals surface area contributed by atoms with E-state index in [9.17, 15) is 22.2 Å². The molecule has 3 aromatic rings. The molecule has 0 saturated carbocycles. The van der Waals surface area contributed by atoms with E-state index in [2.05, 4.69) is 15.4 Å². The molecule has 2 aromatic heterocycles. The van der Waals surface area contributed by atoms with Gasteiger partial charge in [0.15, 0.2) is 16.4 Å². The fourth-order valence-corrected chi connectivity index (χ4v) is 2.98. The van der Waals surface area contributed by atoms with Gasteiger partial charge in [-0.05, 0) is 31.5 Å². The van der Waals surface area contributed by atoms with Crippen LogP contribution in [0, 0.1) is 12.7 Å². The summed E-state index contributed by atoms with van der Waals surface area (Å²) < 4.78 is 52.4. The lowest BCUT2D eigenvalue weighted by Crippen LogP contribution is -2.13. The van der Waals surface area contributed by atoms with Crippen LogP contribution in [0.5, 0.6) is 0 Å². The molecule has 2 N–H and O–H groups in total. The lowest BCUT2D eigenvalue weighted by molar-refractivity contribution is 0.0526. The molecule has 0 spiro atoms. The number of hydrogen-bond acceptors (Lipinski definition) is 7. The van der Waals surface area contributed by atoms with Crippen molar-refractivity contribution in [3.63, 3.8) is 0 Å². The zero-order valence-corrected chi connectivity index (χ0v) is 15.1. The number of hydrogen-bond donors (Lipinski definition) is 2. The van der Waals surface area contributed by atoms with Crippen molar-refractivity contribution in [3.05, 3.63) is 47.5 Å². The Kier molecular flexibility index (Phi) is 4.81. The first-order valence-corrected chi connectivity index (χ1v) is 9.21. The highest BCUT2D eigenvalue weighted by Gasteiger charge is 2.24. The van der Waals surface area contributed by atoms with Crippen LogP contribution in [0.4, 0.5) is 15.9 Å². The Hall–Kier alpha value is -3.05. The molecule has 1 aromatic carbocycles. The summed E-state index contributed by atoms with van der Waals surface area (Å²) in [5.74, 6) is -1.41. The average molecular weight is 394 g/mol. The lowest BCUT2D eigenvalue weighted by atomic mass is 10.2. The van der Waals surface area contributed by atoms with Crippen LogP contribution in [0.25, 0.3) is 5.65 Å². The quantitative estimate of drug-likeness (QED) is 0.499. The molecule has 0 aliphatic carbocycles. The van der Waals surface area contributed by atoms with E-state index in [0.717, 1.165) is 22.5 Å². The maximum absolute atomic E-state index is 14.2. The number of nitrogens with zero attached hydrogens (tertiary/aromatic N) is 3. The Labute approximate surface area is 153 Å². The van der Waals surface area contributed by atoms with Gasteiger partial charge in [0.05, 0.1) is 18.5 Å². The third-order valence-electron chi connectivity index (χ3n) is 3.64. The maximum atomic E-state index is 14.2. The largest absolute Gasteiger partial charge is 0.462 e. The summed E-state index contributed by atoms with van der Waals surface area (Å²) in [5.41, 5.74) is 0.467. The van der Waals surface area contributed by atoms with Crippen molar-refractivity contribution in [1.29, 1.82) is 0 Å². The number of ether oxygens (including phenoxy) is 1. The van der Waals surface area contributed by atoms with Gasteiger partial charge in [-0.25, -0.2) is 14.2 Å². The summed E-state index contributed by atoms with van der Waals surface area (Å²) in [4.78, 5) is 15.6. The van der Waals surface area contributed by atoms with Gasteiger partial charge in [0.2, 0.25) is 0 Å². The van der Waals surface area contributed by atoms with Gasteiger partial charge in [0, 0.05) is 6.20 Å². The average Bonchev–Trinajstić information content (AvgIpc) is 3.03. The molecule has 0 aliphatic rings. The van der Waals surface area contributed by atoms with E-state index in [-0.39, 0.29) is 29.3 Å². The predicted molar refractivity (Wildman–Crippen MR) is 93.2 cm³/mol. The fourth-order valence-electron chi connectivity index (χ4n) is 2.43. The second kappa shape index (κ2) is 6.93. The van der Waals surface area contributed by atoms with E-state index in [1.807, 2.05) is 0 Å². The molecule has 0 fully saturated rings. The van der Waals surface area contributed by atoms with Crippen LogP contribution in [-0.2, 0) is 14.9 Å². The molecule has 0 bridgehead atoms. The molecule has 11 heteroatoms. The van der Waals surface area contributed by atoms with Crippen molar-refractivity contribution in [2.24, 2.45) is 0 Å². The summed E-state index contributed by atoms with van der Waals surface area (Å²) in [5, 5.41) is 6.60. The van der Waals surface area contributed by atoms with Gasteiger partial charge >= 0.3 is 5.97 Å². The number of aromatic nitrogens is 3. The molecule has 27 heavy (non-hydrogen) atoms. The maximum Gasteiger partial charge on any atom is 0.343 e. The standard InChI is InChI=1S/C16H15FN4O5S/c1-3-26-16(22)10-7-18-15-13(27(23,24)25)8-19-21(15)14(10)20-12-6-9(2)4-5-11(12)17/h4-8,20H,3H2,1-2H3,(H,23,24,25). The van der Waals surface area contributed by atoms with Crippen LogP contribution in [0.3, 0.4) is 0 Å². The van der Waals surface area contributed by atoms with Crippen molar-refractivity contribution < 1.29 is 26.9 Å². The highest BCUT2D eigenvalue weighted by atomic mass is 32.2. The molecular weight excluding hydrogens is 379 g/mol. The van der Waals surface area contributed by atoms with E-state index in [0.29, 0.717) is 0 Å². The van der Waals surface area contributed by atoms with Gasteiger partial charge in [-0.3, -0.25) is 4.55 Å². The van der Waals surface area contributed by atoms with Crippen molar-refractivity contribution >= 4 is 33.2 Å². The summed E-state index contributed by atoms with van der Waals surface area (Å²) in [6, 6.07) is 4.32. The first-order chi connectivity index (χ1) is 12.7. The minimum absolute atomic E-state index is 0.0388. The van der Waals surface area contributed by atoms with Gasteiger partial charge in [-0.15, -0.1) is 0 Å². The van der Waals surface area contributed by atoms with Crippen molar-refractivity contribution in [3.8, 4) is 0 Å². The van der Waals surface area contributed by atoms with E-state index >= 15 is 0 Å². The monoisotopic (exact) mass is 394 g/mol. The SMILES string of the molecule is CCOC(=O)c1cnc2c(S(=O)(=O)O)cnn2c1Nc1cc(C)ccc1F. The van der Waals surface area contributed by atoms with Crippen molar-refractivity contribution in [2.45, 2.75) is 18.7 Å². The molecule has 9 nitrogen and oxygen atoms in total. The number of aryl methyl sites for hydroxylation is 1. The van der Waals surface area contributed by atoms with Crippen LogP contribution >= 0.6 is 0 Å². The van der Waals surface area contributed by atoms with Gasteiger partial charge in [-0.2, -0.15) is 18.0 Å². The predicted octanol–water partition coefficient (Wildman–Crippen LogP) is 2.34. The molecule has 142 valence electrons. The smallest absolute Gasteiger partial charge is 0.343 e. The minimum Gasteiger partial charge on any atom is -0.462 e. The third-order valence-corrected chi connectivity index (χ3v) is 4.49. The molecule has 0 unspecified atom stereocenters. The molecule has 0 radical (unpaired) electrons. The Balaban J connectivity index is 2.25. The van der Waals surface area contributed by atoms with Gasteiger partial charge < -0.3 is 10.1 Å². The van der Waals surface area contributed by atoms with Crippen LogP contribution in [0.1, 0.15) is 22.8 Å². The lowest BCUT2D eigenvalue weighted by Gasteiger charge is -2.14. The number of fused-ring (bicyclic) bond motifs is 1. The van der Waals surface area contributed by atoms with Crippen LogP contribution in [-0.4, -0.2) is 40.1 Å². The van der Waals surface area contributed by atoms with Crippen LogP contribution < -0.4 is 5.32 Å². The normalized spacial score (nSPS) is 11.6. The number of rotatable bonds is 5. The Morgan fingerprint density at radius 3 is 2.78 bits per heavy atom. The minimum atomic E-state index is -4.60. The molecule has 3 rings (SSSR count). The fraction of sp³-hybridized carbons (Fsp3) is 0.188. The first-order valence-electron chi connectivity index (χ1n) is 7.77. The third kappa shape index (κ3) is 3.59. The van der Waals surface area contributed by atoms with Gasteiger partial charge in [0.1, 0.15) is 11.4 Å². The Morgan fingerprint density at radius 2 is 2.11 bits per heavy atom. The topological polar surface area (TPSA) is 123 Å². The molecule has 0 amide bonds. The van der Waals surface area contributed by atoms with Crippen molar-refractivity contribution in [2.75, 3.05) is 11.9 Å². The summed E-state index contributed by atoms with van der Waals surface area (Å²) >= 11 is 0. The Morgan fingerprint density at radius 1 is 1.37 bits per heavy atom. The number of carbonyl (C=O) groups excluding carboxylic acids is 1. The molecular formula is C16H15FN4O5S. The number of nitrogens with one attached hydrogen (secondary N) is 1. The summed E-state index contributed by atoms with van der Waals surface area (Å²) in [6.45, 7) is 3.45. The number of anilines is 2. The van der Waals surface area contributed by atoms with E-state index in [1.165, 1.54) is 12.1 Å². The molecule has 2 heterocycles. The molecule has 0 saturated heterocycles. The summed E-state index contributed by atoms with van der Waals surface area (Å²) in [7, 11) is -4.60. The summed E-state index contributed by atoms with van der Waals surface area (Å²) in [6.07, 6.45) is 1.95.